The lowest BCUT2D eigenvalue weighted by Crippen LogP contribution is -2.44. The Hall–Kier alpha value is -2.34. The number of nitrogens with one attached hydrogen (secondary N) is 2. The third-order valence-corrected chi connectivity index (χ3v) is 3.61. The highest BCUT2D eigenvalue weighted by molar-refractivity contribution is 5.74. The highest BCUT2D eigenvalue weighted by atomic mass is 16.5. The average Bonchev–Trinajstić information content (AvgIpc) is 3.09. The van der Waals surface area contributed by atoms with E-state index in [1.165, 1.54) is 0 Å². The molecule has 6 heteroatoms. The third kappa shape index (κ3) is 3.85. The highest BCUT2D eigenvalue weighted by Crippen LogP contribution is 2.19. The Morgan fingerprint density at radius 1 is 1.32 bits per heavy atom. The molecule has 2 aromatic rings. The van der Waals surface area contributed by atoms with Gasteiger partial charge in [0.25, 0.3) is 0 Å². The average molecular weight is 301 g/mol. The summed E-state index contributed by atoms with van der Waals surface area (Å²) in [5.41, 5.74) is 1.82. The summed E-state index contributed by atoms with van der Waals surface area (Å²) in [6.07, 6.45) is 6.83. The molecule has 6 nitrogen and oxygen atoms in total. The van der Waals surface area contributed by atoms with Gasteiger partial charge in [-0.15, -0.1) is 0 Å². The number of nitrogens with zero attached hydrogens (tertiary/aromatic N) is 1. The molecule has 0 aliphatic carbocycles. The van der Waals surface area contributed by atoms with E-state index in [9.17, 15) is 4.79 Å². The number of hydrogen-bond acceptors (Lipinski definition) is 4. The van der Waals surface area contributed by atoms with Crippen LogP contribution in [0, 0.1) is 0 Å². The number of rotatable bonds is 4. The Morgan fingerprint density at radius 2 is 2.18 bits per heavy atom. The van der Waals surface area contributed by atoms with E-state index >= 15 is 0 Å². The molecule has 2 amide bonds. The van der Waals surface area contributed by atoms with Gasteiger partial charge in [0, 0.05) is 43.8 Å². The van der Waals surface area contributed by atoms with Gasteiger partial charge in [0.1, 0.15) is 5.76 Å². The molecule has 0 radical (unpaired) electrons. The van der Waals surface area contributed by atoms with Crippen molar-refractivity contribution in [1.29, 1.82) is 0 Å². The second kappa shape index (κ2) is 7.09. The predicted octanol–water partition coefficient (Wildman–Crippen LogP) is 2.32. The Kier molecular flexibility index (Phi) is 4.70. The van der Waals surface area contributed by atoms with E-state index in [1.54, 1.807) is 18.7 Å². The van der Waals surface area contributed by atoms with Gasteiger partial charge in [0.15, 0.2) is 0 Å². The summed E-state index contributed by atoms with van der Waals surface area (Å²) >= 11 is 0. The van der Waals surface area contributed by atoms with Gasteiger partial charge in [-0.25, -0.2) is 4.79 Å². The van der Waals surface area contributed by atoms with Crippen LogP contribution < -0.4 is 10.6 Å². The zero-order chi connectivity index (χ0) is 15.2. The van der Waals surface area contributed by atoms with Gasteiger partial charge < -0.3 is 19.8 Å². The molecule has 0 bridgehead atoms. The van der Waals surface area contributed by atoms with Crippen molar-refractivity contribution >= 4 is 6.03 Å². The molecular weight excluding hydrogens is 282 g/mol. The van der Waals surface area contributed by atoms with Crippen molar-refractivity contribution in [2.24, 2.45) is 0 Å². The molecule has 1 saturated heterocycles. The summed E-state index contributed by atoms with van der Waals surface area (Å²) in [4.78, 5) is 16.1. The first-order chi connectivity index (χ1) is 10.8. The van der Waals surface area contributed by atoms with E-state index in [0.717, 1.165) is 29.7 Å². The molecule has 0 unspecified atom stereocenters. The Labute approximate surface area is 128 Å². The fourth-order valence-electron chi connectivity index (χ4n) is 2.42. The zero-order valence-corrected chi connectivity index (χ0v) is 12.2. The molecule has 2 aromatic heterocycles. The molecule has 1 aliphatic rings. The molecule has 0 spiro atoms. The normalized spacial score (nSPS) is 15.5. The van der Waals surface area contributed by atoms with Crippen LogP contribution in [-0.2, 0) is 11.3 Å². The SMILES string of the molecule is O=C(NCc1cncc(-c2ccco2)c1)NC1CCOCC1. The first-order valence-corrected chi connectivity index (χ1v) is 7.41. The lowest BCUT2D eigenvalue weighted by molar-refractivity contribution is 0.0801. The van der Waals surface area contributed by atoms with Crippen molar-refractivity contribution in [3.05, 3.63) is 42.4 Å². The third-order valence-electron chi connectivity index (χ3n) is 3.61. The number of amides is 2. The van der Waals surface area contributed by atoms with Crippen molar-refractivity contribution in [3.63, 3.8) is 0 Å². The molecule has 3 heterocycles. The van der Waals surface area contributed by atoms with Crippen LogP contribution in [0.25, 0.3) is 11.3 Å². The van der Waals surface area contributed by atoms with Crippen molar-refractivity contribution in [3.8, 4) is 11.3 Å². The van der Waals surface area contributed by atoms with Gasteiger partial charge in [-0.1, -0.05) is 0 Å². The van der Waals surface area contributed by atoms with Crippen LogP contribution in [0.1, 0.15) is 18.4 Å². The number of furan rings is 1. The van der Waals surface area contributed by atoms with Crippen LogP contribution in [0.3, 0.4) is 0 Å². The number of hydrogen-bond donors (Lipinski definition) is 2. The van der Waals surface area contributed by atoms with Crippen LogP contribution in [-0.4, -0.2) is 30.3 Å². The summed E-state index contributed by atoms with van der Waals surface area (Å²) in [6.45, 7) is 1.84. The number of carbonyl (C=O) groups excluding carboxylic acids is 1. The number of aromatic nitrogens is 1. The molecule has 2 N–H and O–H groups in total. The predicted molar refractivity (Wildman–Crippen MR) is 81.2 cm³/mol. The van der Waals surface area contributed by atoms with Gasteiger partial charge in [-0.3, -0.25) is 4.98 Å². The highest BCUT2D eigenvalue weighted by Gasteiger charge is 2.15. The van der Waals surface area contributed by atoms with Gasteiger partial charge in [-0.2, -0.15) is 0 Å². The number of urea groups is 1. The maximum absolute atomic E-state index is 11.9. The van der Waals surface area contributed by atoms with Crippen LogP contribution in [0.2, 0.25) is 0 Å². The van der Waals surface area contributed by atoms with E-state index in [-0.39, 0.29) is 12.1 Å². The van der Waals surface area contributed by atoms with E-state index in [1.807, 2.05) is 18.2 Å². The van der Waals surface area contributed by atoms with Crippen molar-refractivity contribution in [2.45, 2.75) is 25.4 Å². The molecule has 1 fully saturated rings. The van der Waals surface area contributed by atoms with Crippen LogP contribution >= 0.6 is 0 Å². The van der Waals surface area contributed by atoms with Gasteiger partial charge >= 0.3 is 6.03 Å². The number of pyridine rings is 1. The van der Waals surface area contributed by atoms with Crippen LogP contribution in [0.5, 0.6) is 0 Å². The molecule has 116 valence electrons. The molecular formula is C16H19N3O3. The zero-order valence-electron chi connectivity index (χ0n) is 12.2. The van der Waals surface area contributed by atoms with E-state index in [2.05, 4.69) is 15.6 Å². The maximum Gasteiger partial charge on any atom is 0.315 e. The fourth-order valence-corrected chi connectivity index (χ4v) is 2.42. The Balaban J connectivity index is 1.52. The van der Waals surface area contributed by atoms with Gasteiger partial charge in [0.2, 0.25) is 0 Å². The smallest absolute Gasteiger partial charge is 0.315 e. The molecule has 3 rings (SSSR count). The topological polar surface area (TPSA) is 76.4 Å². The van der Waals surface area contributed by atoms with Crippen LogP contribution in [0.4, 0.5) is 4.79 Å². The maximum atomic E-state index is 11.9. The second-order valence-corrected chi connectivity index (χ2v) is 5.27. The minimum Gasteiger partial charge on any atom is -0.464 e. The van der Waals surface area contributed by atoms with Crippen molar-refractivity contribution in [1.82, 2.24) is 15.6 Å². The van der Waals surface area contributed by atoms with E-state index in [4.69, 9.17) is 9.15 Å². The Morgan fingerprint density at radius 3 is 2.95 bits per heavy atom. The lowest BCUT2D eigenvalue weighted by atomic mass is 10.1. The van der Waals surface area contributed by atoms with Gasteiger partial charge in [0.05, 0.1) is 6.26 Å². The molecule has 1 aliphatic heterocycles. The summed E-state index contributed by atoms with van der Waals surface area (Å²) in [7, 11) is 0. The van der Waals surface area contributed by atoms with Crippen LogP contribution in [0.15, 0.2) is 41.3 Å². The summed E-state index contributed by atoms with van der Waals surface area (Å²) in [6, 6.07) is 5.71. The first-order valence-electron chi connectivity index (χ1n) is 7.41. The fraction of sp³-hybridized carbons (Fsp3) is 0.375. The van der Waals surface area contributed by atoms with Gasteiger partial charge in [-0.05, 0) is 36.6 Å². The standard InChI is InChI=1S/C16H19N3O3/c20-16(19-14-3-6-21-7-4-14)18-10-12-8-13(11-17-9-12)15-2-1-5-22-15/h1-2,5,8-9,11,14H,3-4,6-7,10H2,(H2,18,19,20). The second-order valence-electron chi connectivity index (χ2n) is 5.27. The van der Waals surface area contributed by atoms with E-state index < -0.39 is 0 Å². The first kappa shape index (κ1) is 14.6. The quantitative estimate of drug-likeness (QED) is 0.908. The molecule has 0 atom stereocenters. The Bertz CT molecular complexity index is 607. The summed E-state index contributed by atoms with van der Waals surface area (Å²) in [5.74, 6) is 0.765. The summed E-state index contributed by atoms with van der Waals surface area (Å²) in [5, 5.41) is 5.82. The van der Waals surface area contributed by atoms with E-state index in [0.29, 0.717) is 19.8 Å². The number of ether oxygens (including phenoxy) is 1. The molecule has 0 saturated carbocycles. The minimum atomic E-state index is -0.157. The molecule has 22 heavy (non-hydrogen) atoms. The lowest BCUT2D eigenvalue weighted by Gasteiger charge is -2.23. The number of carbonyl (C=O) groups is 1. The largest absolute Gasteiger partial charge is 0.464 e. The van der Waals surface area contributed by atoms with Crippen molar-refractivity contribution < 1.29 is 13.9 Å². The van der Waals surface area contributed by atoms with Crippen molar-refractivity contribution in [2.75, 3.05) is 13.2 Å². The monoisotopic (exact) mass is 301 g/mol. The molecule has 0 aromatic carbocycles. The minimum absolute atomic E-state index is 0.157. The summed E-state index contributed by atoms with van der Waals surface area (Å²) < 4.78 is 10.6.